The molecule has 0 atom stereocenters. The summed E-state index contributed by atoms with van der Waals surface area (Å²) in [6, 6.07) is 7.65. The molecule has 4 nitrogen and oxygen atoms in total. The monoisotopic (exact) mass is 264 g/mol. The van der Waals surface area contributed by atoms with Gasteiger partial charge in [0, 0.05) is 18.7 Å². The SMILES string of the molecule is CCCNC(=O)CCSc1nc2ccccc2o1. The number of carbonyl (C=O) groups is 1. The van der Waals surface area contributed by atoms with Crippen LogP contribution in [0.2, 0.25) is 0 Å². The first-order chi connectivity index (χ1) is 8.79. The van der Waals surface area contributed by atoms with Gasteiger partial charge in [0.05, 0.1) is 0 Å². The lowest BCUT2D eigenvalue weighted by atomic mass is 10.3. The third-order valence-corrected chi connectivity index (χ3v) is 3.23. The van der Waals surface area contributed by atoms with Crippen molar-refractivity contribution in [3.8, 4) is 0 Å². The molecule has 0 saturated heterocycles. The molecule has 1 heterocycles. The van der Waals surface area contributed by atoms with E-state index in [1.807, 2.05) is 31.2 Å². The third-order valence-electron chi connectivity index (χ3n) is 2.40. The number of amides is 1. The van der Waals surface area contributed by atoms with Crippen LogP contribution in [0.1, 0.15) is 19.8 Å². The molecule has 0 aliphatic carbocycles. The molecule has 0 unspecified atom stereocenters. The largest absolute Gasteiger partial charge is 0.431 e. The van der Waals surface area contributed by atoms with Crippen LogP contribution in [0.25, 0.3) is 11.1 Å². The molecule has 5 heteroatoms. The van der Waals surface area contributed by atoms with Gasteiger partial charge in [-0.3, -0.25) is 4.79 Å². The van der Waals surface area contributed by atoms with E-state index in [4.69, 9.17) is 4.42 Å². The quantitative estimate of drug-likeness (QED) is 0.815. The molecule has 0 aliphatic rings. The Morgan fingerprint density at radius 2 is 2.28 bits per heavy atom. The molecule has 0 spiro atoms. The van der Waals surface area contributed by atoms with E-state index in [2.05, 4.69) is 10.3 Å². The third kappa shape index (κ3) is 3.50. The maximum atomic E-state index is 11.4. The van der Waals surface area contributed by atoms with E-state index in [-0.39, 0.29) is 5.91 Å². The molecule has 0 bridgehead atoms. The first-order valence-corrected chi connectivity index (χ1v) is 7.03. The second-order valence-electron chi connectivity index (χ2n) is 3.90. The maximum Gasteiger partial charge on any atom is 0.256 e. The molecule has 0 fully saturated rings. The summed E-state index contributed by atoms with van der Waals surface area (Å²) in [4.78, 5) is 15.7. The van der Waals surface area contributed by atoms with Crippen LogP contribution in [0.3, 0.4) is 0 Å². The zero-order valence-electron chi connectivity index (χ0n) is 10.3. The van der Waals surface area contributed by atoms with Crippen molar-refractivity contribution >= 4 is 28.8 Å². The molecular weight excluding hydrogens is 248 g/mol. The van der Waals surface area contributed by atoms with Crippen LogP contribution in [-0.2, 0) is 4.79 Å². The van der Waals surface area contributed by atoms with Gasteiger partial charge in [-0.25, -0.2) is 4.98 Å². The summed E-state index contributed by atoms with van der Waals surface area (Å²) in [7, 11) is 0. The van der Waals surface area contributed by atoms with E-state index in [0.717, 1.165) is 24.1 Å². The van der Waals surface area contributed by atoms with Gasteiger partial charge in [0.15, 0.2) is 5.58 Å². The number of nitrogens with one attached hydrogen (secondary N) is 1. The Morgan fingerprint density at radius 3 is 3.06 bits per heavy atom. The summed E-state index contributed by atoms with van der Waals surface area (Å²) < 4.78 is 5.55. The highest BCUT2D eigenvalue weighted by Gasteiger charge is 2.06. The second-order valence-corrected chi connectivity index (χ2v) is 4.94. The van der Waals surface area contributed by atoms with Gasteiger partial charge in [0.25, 0.3) is 5.22 Å². The topological polar surface area (TPSA) is 55.1 Å². The summed E-state index contributed by atoms with van der Waals surface area (Å²) in [5.74, 6) is 0.767. The fourth-order valence-electron chi connectivity index (χ4n) is 1.50. The Labute approximate surface area is 110 Å². The molecule has 0 saturated carbocycles. The summed E-state index contributed by atoms with van der Waals surface area (Å²) in [5, 5.41) is 3.47. The Bertz CT molecular complexity index is 491. The van der Waals surface area contributed by atoms with Crippen molar-refractivity contribution in [1.82, 2.24) is 10.3 Å². The van der Waals surface area contributed by atoms with Crippen molar-refractivity contribution in [3.63, 3.8) is 0 Å². The normalized spacial score (nSPS) is 10.7. The lowest BCUT2D eigenvalue weighted by molar-refractivity contribution is -0.120. The second kappa shape index (κ2) is 6.44. The van der Waals surface area contributed by atoms with E-state index in [9.17, 15) is 4.79 Å². The van der Waals surface area contributed by atoms with Crippen LogP contribution in [0.15, 0.2) is 33.9 Å². The van der Waals surface area contributed by atoms with Crippen LogP contribution in [0.5, 0.6) is 0 Å². The molecule has 1 N–H and O–H groups in total. The van der Waals surface area contributed by atoms with Crippen molar-refractivity contribution in [2.45, 2.75) is 25.0 Å². The number of carbonyl (C=O) groups excluding carboxylic acids is 1. The van der Waals surface area contributed by atoms with Gasteiger partial charge in [0.1, 0.15) is 5.52 Å². The van der Waals surface area contributed by atoms with Crippen LogP contribution in [-0.4, -0.2) is 23.2 Å². The average Bonchev–Trinajstić information content (AvgIpc) is 2.79. The lowest BCUT2D eigenvalue weighted by Gasteiger charge is -2.01. The van der Waals surface area contributed by atoms with Crippen molar-refractivity contribution in [3.05, 3.63) is 24.3 Å². The summed E-state index contributed by atoms with van der Waals surface area (Å²) >= 11 is 1.47. The van der Waals surface area contributed by atoms with Crippen molar-refractivity contribution in [1.29, 1.82) is 0 Å². The Morgan fingerprint density at radius 1 is 1.44 bits per heavy atom. The maximum absolute atomic E-state index is 11.4. The van der Waals surface area contributed by atoms with Crippen LogP contribution < -0.4 is 5.32 Å². The summed E-state index contributed by atoms with van der Waals surface area (Å²) in [6.07, 6.45) is 1.45. The minimum atomic E-state index is 0.0838. The Hall–Kier alpha value is -1.49. The molecule has 96 valence electrons. The molecule has 2 aromatic rings. The van der Waals surface area contributed by atoms with Crippen molar-refractivity contribution in [2.75, 3.05) is 12.3 Å². The van der Waals surface area contributed by atoms with Gasteiger partial charge < -0.3 is 9.73 Å². The van der Waals surface area contributed by atoms with E-state index in [0.29, 0.717) is 17.4 Å². The van der Waals surface area contributed by atoms with Gasteiger partial charge in [-0.05, 0) is 18.6 Å². The van der Waals surface area contributed by atoms with Gasteiger partial charge in [-0.1, -0.05) is 30.8 Å². The lowest BCUT2D eigenvalue weighted by Crippen LogP contribution is -2.24. The fraction of sp³-hybridized carbons (Fsp3) is 0.385. The van der Waals surface area contributed by atoms with Crippen LogP contribution in [0, 0.1) is 0 Å². The van der Waals surface area contributed by atoms with Gasteiger partial charge in [-0.15, -0.1) is 0 Å². The molecule has 1 aromatic heterocycles. The minimum Gasteiger partial charge on any atom is -0.431 e. The summed E-state index contributed by atoms with van der Waals surface area (Å²) in [5.41, 5.74) is 1.64. The molecular formula is C13H16N2O2S. The molecule has 0 radical (unpaired) electrons. The number of benzene rings is 1. The standard InChI is InChI=1S/C13H16N2O2S/c1-2-8-14-12(16)7-9-18-13-15-10-5-3-4-6-11(10)17-13/h3-6H,2,7-9H2,1H3,(H,14,16). The number of rotatable bonds is 6. The highest BCUT2D eigenvalue weighted by molar-refractivity contribution is 7.99. The Kier molecular flexibility index (Phi) is 4.64. The Balaban J connectivity index is 1.81. The van der Waals surface area contributed by atoms with Gasteiger partial charge >= 0.3 is 0 Å². The smallest absolute Gasteiger partial charge is 0.256 e. The van der Waals surface area contributed by atoms with Crippen molar-refractivity contribution in [2.24, 2.45) is 0 Å². The molecule has 0 aliphatic heterocycles. The number of fused-ring (bicyclic) bond motifs is 1. The first kappa shape index (κ1) is 13.0. The average molecular weight is 264 g/mol. The van der Waals surface area contributed by atoms with Crippen LogP contribution in [0.4, 0.5) is 0 Å². The predicted molar refractivity (Wildman–Crippen MR) is 72.7 cm³/mol. The predicted octanol–water partition coefficient (Wildman–Crippen LogP) is 2.84. The fourth-order valence-corrected chi connectivity index (χ4v) is 2.27. The number of para-hydroxylation sites is 2. The number of thioether (sulfide) groups is 1. The molecule has 1 aromatic carbocycles. The molecule has 18 heavy (non-hydrogen) atoms. The summed E-state index contributed by atoms with van der Waals surface area (Å²) in [6.45, 7) is 2.78. The highest BCUT2D eigenvalue weighted by atomic mass is 32.2. The van der Waals surface area contributed by atoms with Gasteiger partial charge in [0.2, 0.25) is 5.91 Å². The van der Waals surface area contributed by atoms with E-state index in [1.54, 1.807) is 0 Å². The highest BCUT2D eigenvalue weighted by Crippen LogP contribution is 2.23. The van der Waals surface area contributed by atoms with Crippen LogP contribution >= 0.6 is 11.8 Å². The van der Waals surface area contributed by atoms with E-state index >= 15 is 0 Å². The number of nitrogens with zero attached hydrogens (tertiary/aromatic N) is 1. The first-order valence-electron chi connectivity index (χ1n) is 6.04. The number of aromatic nitrogens is 1. The minimum absolute atomic E-state index is 0.0838. The van der Waals surface area contributed by atoms with Gasteiger partial charge in [-0.2, -0.15) is 0 Å². The van der Waals surface area contributed by atoms with Crippen molar-refractivity contribution < 1.29 is 9.21 Å². The molecule has 1 amide bonds. The van der Waals surface area contributed by atoms with E-state index < -0.39 is 0 Å². The molecule has 2 rings (SSSR count). The number of oxazole rings is 1. The zero-order chi connectivity index (χ0) is 12.8. The number of hydrogen-bond donors (Lipinski definition) is 1. The number of hydrogen-bond acceptors (Lipinski definition) is 4. The zero-order valence-corrected chi connectivity index (χ0v) is 11.1. The van der Waals surface area contributed by atoms with E-state index in [1.165, 1.54) is 11.8 Å².